The zero-order chi connectivity index (χ0) is 17.9. The topological polar surface area (TPSA) is 73.5 Å². The highest BCUT2D eigenvalue weighted by Gasteiger charge is 2.54. The number of hydrogen-bond acceptors (Lipinski definition) is 3. The number of amides is 3. The van der Waals surface area contributed by atoms with Gasteiger partial charge in [-0.2, -0.15) is 5.01 Å². The minimum Gasteiger partial charge on any atom is -0.362 e. The third-order valence-electron chi connectivity index (χ3n) is 3.99. The summed E-state index contributed by atoms with van der Waals surface area (Å²) in [7, 11) is 0. The lowest BCUT2D eigenvalue weighted by atomic mass is 9.83. The van der Waals surface area contributed by atoms with Crippen molar-refractivity contribution in [2.45, 2.75) is 12.5 Å². The van der Waals surface area contributed by atoms with Crippen molar-refractivity contribution in [3.8, 4) is 0 Å². The molecule has 0 saturated carbocycles. The Morgan fingerprint density at radius 3 is 2.04 bits per heavy atom. The molecule has 2 aromatic carbocycles. The molecule has 3 rings (SSSR count). The summed E-state index contributed by atoms with van der Waals surface area (Å²) in [5, 5.41) is 6.83. The number of hydrogen-bond donors (Lipinski definition) is 3. The minimum absolute atomic E-state index is 0.211. The number of hydrazine groups is 1. The Labute approximate surface area is 151 Å². The first-order valence-corrected chi connectivity index (χ1v) is 8.32. The summed E-state index contributed by atoms with van der Waals surface area (Å²) >= 11 is 5.11. The molecule has 3 amide bonds. The number of thiocarbonyl (C=S) groups is 1. The number of urea groups is 1. The molecule has 1 aliphatic rings. The predicted molar refractivity (Wildman–Crippen MR) is 98.5 cm³/mol. The van der Waals surface area contributed by atoms with Gasteiger partial charge in [-0.05, 0) is 30.3 Å². The molecule has 0 bridgehead atoms. The van der Waals surface area contributed by atoms with Gasteiger partial charge in [-0.15, -0.1) is 0 Å². The maximum absolute atomic E-state index is 13.3. The van der Waals surface area contributed by atoms with E-state index in [9.17, 15) is 9.59 Å². The van der Waals surface area contributed by atoms with E-state index in [2.05, 4.69) is 16.1 Å². The van der Waals surface area contributed by atoms with Crippen LogP contribution in [-0.4, -0.2) is 28.6 Å². The van der Waals surface area contributed by atoms with E-state index in [0.717, 1.165) is 5.01 Å². The molecule has 0 spiro atoms. The van der Waals surface area contributed by atoms with Gasteiger partial charge < -0.3 is 10.6 Å². The molecule has 1 fully saturated rings. The molecule has 25 heavy (non-hydrogen) atoms. The monoisotopic (exact) mass is 354 g/mol. The van der Waals surface area contributed by atoms with Gasteiger partial charge in [0.25, 0.3) is 5.91 Å². The second-order valence-corrected chi connectivity index (χ2v) is 5.93. The van der Waals surface area contributed by atoms with Gasteiger partial charge in [0.1, 0.15) is 0 Å². The van der Waals surface area contributed by atoms with Crippen molar-refractivity contribution in [2.75, 3.05) is 6.54 Å². The average Bonchev–Trinajstić information content (AvgIpc) is 2.89. The van der Waals surface area contributed by atoms with E-state index in [1.165, 1.54) is 0 Å². The van der Waals surface area contributed by atoms with Crippen LogP contribution in [0.15, 0.2) is 60.7 Å². The third kappa shape index (κ3) is 2.94. The van der Waals surface area contributed by atoms with E-state index in [1.54, 1.807) is 0 Å². The van der Waals surface area contributed by atoms with Crippen molar-refractivity contribution >= 4 is 29.3 Å². The summed E-state index contributed by atoms with van der Waals surface area (Å²) in [6, 6.07) is 17.8. The molecule has 7 heteroatoms. The first kappa shape index (κ1) is 16.9. The zero-order valence-electron chi connectivity index (χ0n) is 13.7. The summed E-state index contributed by atoms with van der Waals surface area (Å²) in [6.07, 6.45) is 0. The van der Waals surface area contributed by atoms with Crippen molar-refractivity contribution in [3.63, 3.8) is 0 Å². The summed E-state index contributed by atoms with van der Waals surface area (Å²) in [4.78, 5) is 25.8. The van der Waals surface area contributed by atoms with E-state index in [0.29, 0.717) is 17.7 Å². The molecular weight excluding hydrogens is 336 g/mol. The second-order valence-electron chi connectivity index (χ2n) is 5.52. The molecule has 3 N–H and O–H groups in total. The maximum Gasteiger partial charge on any atom is 0.344 e. The van der Waals surface area contributed by atoms with E-state index >= 15 is 0 Å². The SMILES string of the molecule is CCNC(=S)NN1C(=O)NC(c2ccccc2)(c2ccccc2)C1=O. The van der Waals surface area contributed by atoms with Crippen LogP contribution in [0.2, 0.25) is 0 Å². The molecule has 1 aliphatic heterocycles. The quantitative estimate of drug-likeness (QED) is 0.578. The van der Waals surface area contributed by atoms with Gasteiger partial charge in [-0.1, -0.05) is 60.7 Å². The van der Waals surface area contributed by atoms with E-state index in [1.807, 2.05) is 67.6 Å². The Balaban J connectivity index is 2.06. The van der Waals surface area contributed by atoms with Crippen LogP contribution < -0.4 is 16.1 Å². The van der Waals surface area contributed by atoms with E-state index in [4.69, 9.17) is 12.2 Å². The zero-order valence-corrected chi connectivity index (χ0v) is 14.5. The summed E-state index contributed by atoms with van der Waals surface area (Å²) < 4.78 is 0. The summed E-state index contributed by atoms with van der Waals surface area (Å²) in [5.74, 6) is -0.435. The normalized spacial score (nSPS) is 15.6. The average molecular weight is 354 g/mol. The number of benzene rings is 2. The van der Waals surface area contributed by atoms with Crippen LogP contribution in [0.5, 0.6) is 0 Å². The van der Waals surface area contributed by atoms with Crippen molar-refractivity contribution in [1.82, 2.24) is 21.1 Å². The lowest BCUT2D eigenvalue weighted by Crippen LogP contribution is -2.51. The highest BCUT2D eigenvalue weighted by molar-refractivity contribution is 7.80. The molecule has 1 heterocycles. The Hall–Kier alpha value is -2.93. The minimum atomic E-state index is -1.30. The summed E-state index contributed by atoms with van der Waals surface area (Å²) in [6.45, 7) is 2.45. The second kappa shape index (κ2) is 6.90. The smallest absolute Gasteiger partial charge is 0.344 e. The van der Waals surface area contributed by atoms with E-state index in [-0.39, 0.29) is 5.11 Å². The number of carbonyl (C=O) groups excluding carboxylic acids is 2. The molecule has 128 valence electrons. The van der Waals surface area contributed by atoms with Crippen LogP contribution in [0.4, 0.5) is 4.79 Å². The van der Waals surface area contributed by atoms with Crippen molar-refractivity contribution in [2.24, 2.45) is 0 Å². The third-order valence-corrected chi connectivity index (χ3v) is 4.22. The lowest BCUT2D eigenvalue weighted by molar-refractivity contribution is -0.131. The number of carbonyl (C=O) groups is 2. The number of rotatable bonds is 4. The van der Waals surface area contributed by atoms with Crippen LogP contribution >= 0.6 is 12.2 Å². The van der Waals surface area contributed by atoms with Crippen LogP contribution in [-0.2, 0) is 10.3 Å². The Kier molecular flexibility index (Phi) is 4.67. The Morgan fingerprint density at radius 2 is 1.56 bits per heavy atom. The molecule has 0 radical (unpaired) electrons. The standard InChI is InChI=1S/C18H18N4O2S/c1-2-19-16(25)21-22-15(23)18(20-17(22)24,13-9-5-3-6-10-13)14-11-7-4-8-12-14/h3-12H,2H2,1H3,(H,20,24)(H2,19,21,25). The van der Waals surface area contributed by atoms with Gasteiger partial charge >= 0.3 is 6.03 Å². The predicted octanol–water partition coefficient (Wildman–Crippen LogP) is 1.88. The fourth-order valence-electron chi connectivity index (χ4n) is 2.87. The number of nitrogens with one attached hydrogen (secondary N) is 3. The van der Waals surface area contributed by atoms with Crippen LogP contribution in [0.25, 0.3) is 0 Å². The fraction of sp³-hybridized carbons (Fsp3) is 0.167. The van der Waals surface area contributed by atoms with Gasteiger partial charge in [-0.25, -0.2) is 4.79 Å². The number of nitrogens with zero attached hydrogens (tertiary/aromatic N) is 1. The summed E-state index contributed by atoms with van der Waals surface area (Å²) in [5.41, 5.74) is 2.73. The molecule has 0 atom stereocenters. The van der Waals surface area contributed by atoms with Crippen LogP contribution in [0.1, 0.15) is 18.1 Å². The molecule has 0 unspecified atom stereocenters. The molecular formula is C18H18N4O2S. The molecule has 6 nitrogen and oxygen atoms in total. The van der Waals surface area contributed by atoms with Crippen molar-refractivity contribution in [3.05, 3.63) is 71.8 Å². The largest absolute Gasteiger partial charge is 0.362 e. The van der Waals surface area contributed by atoms with Gasteiger partial charge in [-0.3, -0.25) is 10.2 Å². The Morgan fingerprint density at radius 1 is 1.04 bits per heavy atom. The lowest BCUT2D eigenvalue weighted by Gasteiger charge is -2.28. The first-order chi connectivity index (χ1) is 12.1. The first-order valence-electron chi connectivity index (χ1n) is 7.92. The van der Waals surface area contributed by atoms with Crippen molar-refractivity contribution < 1.29 is 9.59 Å². The number of imide groups is 1. The van der Waals surface area contributed by atoms with Gasteiger partial charge in [0.15, 0.2) is 10.7 Å². The van der Waals surface area contributed by atoms with Crippen molar-refractivity contribution in [1.29, 1.82) is 0 Å². The van der Waals surface area contributed by atoms with Crippen LogP contribution in [0, 0.1) is 0 Å². The molecule has 0 aliphatic carbocycles. The van der Waals surface area contributed by atoms with E-state index < -0.39 is 17.5 Å². The molecule has 0 aromatic heterocycles. The van der Waals surface area contributed by atoms with Gasteiger partial charge in [0, 0.05) is 6.54 Å². The molecule has 2 aromatic rings. The maximum atomic E-state index is 13.3. The Bertz CT molecular complexity index is 756. The highest BCUT2D eigenvalue weighted by atomic mass is 32.1. The van der Waals surface area contributed by atoms with Gasteiger partial charge in [0.05, 0.1) is 0 Å². The highest BCUT2D eigenvalue weighted by Crippen LogP contribution is 2.35. The fourth-order valence-corrected chi connectivity index (χ4v) is 3.10. The van der Waals surface area contributed by atoms with Crippen LogP contribution in [0.3, 0.4) is 0 Å². The molecule has 1 saturated heterocycles. The van der Waals surface area contributed by atoms with Gasteiger partial charge in [0.2, 0.25) is 0 Å².